The maximum absolute atomic E-state index is 5.98. The fraction of sp³-hybridized carbons (Fsp3) is 0.545. The molecule has 2 atom stereocenters. The lowest BCUT2D eigenvalue weighted by Gasteiger charge is -2.37. The molecule has 156 valence electrons. The van der Waals surface area contributed by atoms with Gasteiger partial charge in [0.15, 0.2) is 5.96 Å². The molecule has 2 aromatic rings. The number of hydrogen-bond acceptors (Lipinski definition) is 4. The van der Waals surface area contributed by atoms with Crippen molar-refractivity contribution in [2.24, 2.45) is 4.99 Å². The van der Waals surface area contributed by atoms with Crippen LogP contribution in [-0.2, 0) is 15.9 Å². The summed E-state index contributed by atoms with van der Waals surface area (Å²) >= 11 is 0. The molecule has 0 bridgehead atoms. The topological polar surface area (TPSA) is 63.9 Å². The van der Waals surface area contributed by atoms with E-state index in [1.807, 2.05) is 16.9 Å². The molecule has 2 saturated heterocycles. The van der Waals surface area contributed by atoms with Crippen LogP contribution in [0.15, 0.2) is 47.7 Å². The van der Waals surface area contributed by atoms with Crippen molar-refractivity contribution >= 4 is 5.96 Å². The minimum atomic E-state index is 0.143. The summed E-state index contributed by atoms with van der Waals surface area (Å²) in [6, 6.07) is 10.4. The van der Waals surface area contributed by atoms with Crippen LogP contribution >= 0.6 is 0 Å². The number of aromatic nitrogens is 2. The van der Waals surface area contributed by atoms with Crippen LogP contribution < -0.4 is 5.32 Å². The van der Waals surface area contributed by atoms with Gasteiger partial charge in [0.25, 0.3) is 0 Å². The Morgan fingerprint density at radius 2 is 2.07 bits per heavy atom. The van der Waals surface area contributed by atoms with Crippen LogP contribution in [0.2, 0.25) is 0 Å². The average Bonchev–Trinajstić information content (AvgIpc) is 3.48. The molecule has 2 fully saturated rings. The molecule has 1 aromatic carbocycles. The molecule has 1 N–H and O–H groups in total. The number of nitrogens with one attached hydrogen (secondary N) is 1. The number of morpholine rings is 1. The van der Waals surface area contributed by atoms with E-state index in [1.165, 1.54) is 5.56 Å². The molecule has 29 heavy (non-hydrogen) atoms. The van der Waals surface area contributed by atoms with Crippen LogP contribution in [0.3, 0.4) is 0 Å². The Kier molecular flexibility index (Phi) is 6.79. The number of aliphatic imine (C=N–C) groups is 1. The second kappa shape index (κ2) is 9.89. The summed E-state index contributed by atoms with van der Waals surface area (Å²) in [5, 5.41) is 7.72. The molecule has 1 aromatic heterocycles. The first-order chi connectivity index (χ1) is 14.3. The third-order valence-corrected chi connectivity index (χ3v) is 5.47. The number of nitrogens with zero attached hydrogens (tertiary/aromatic N) is 4. The van der Waals surface area contributed by atoms with Crippen LogP contribution in [0.25, 0.3) is 5.69 Å². The quantitative estimate of drug-likeness (QED) is 0.598. The molecule has 7 heteroatoms. The van der Waals surface area contributed by atoms with Crippen molar-refractivity contribution in [2.45, 2.75) is 38.4 Å². The maximum atomic E-state index is 5.98. The van der Waals surface area contributed by atoms with Crippen LogP contribution in [0, 0.1) is 0 Å². The first-order valence-corrected chi connectivity index (χ1v) is 10.7. The van der Waals surface area contributed by atoms with Crippen LogP contribution in [0.5, 0.6) is 0 Å². The zero-order chi connectivity index (χ0) is 19.9. The molecule has 0 saturated carbocycles. The van der Waals surface area contributed by atoms with Crippen LogP contribution in [0.4, 0.5) is 0 Å². The van der Waals surface area contributed by atoms with E-state index in [1.54, 1.807) is 6.20 Å². The fourth-order valence-corrected chi connectivity index (χ4v) is 3.94. The second-order valence-electron chi connectivity index (χ2n) is 7.51. The molecule has 2 aliphatic heterocycles. The summed E-state index contributed by atoms with van der Waals surface area (Å²) in [6.45, 7) is 7.02. The predicted octanol–water partition coefficient (Wildman–Crippen LogP) is 2.26. The number of hydrogen-bond donors (Lipinski definition) is 1. The molecule has 3 heterocycles. The minimum absolute atomic E-state index is 0.143. The molecule has 2 aliphatic rings. The third kappa shape index (κ3) is 5.16. The van der Waals surface area contributed by atoms with Gasteiger partial charge in [-0.05, 0) is 49.9 Å². The summed E-state index contributed by atoms with van der Waals surface area (Å²) < 4.78 is 13.7. The normalized spacial score (nSPS) is 22.8. The van der Waals surface area contributed by atoms with Crippen LogP contribution in [-0.4, -0.2) is 72.2 Å². The van der Waals surface area contributed by atoms with E-state index in [9.17, 15) is 0 Å². The highest BCUT2D eigenvalue weighted by Gasteiger charge is 2.32. The largest absolute Gasteiger partial charge is 0.375 e. The Morgan fingerprint density at radius 1 is 1.21 bits per heavy atom. The van der Waals surface area contributed by atoms with E-state index in [4.69, 9.17) is 14.5 Å². The first kappa shape index (κ1) is 19.9. The highest BCUT2D eigenvalue weighted by atomic mass is 16.5. The standard InChI is InChI=1S/C22H31N5O2/c1-2-23-22(26-14-16-29-21(17-26)20-5-3-15-28-20)24-12-10-18-6-8-19(9-7-18)27-13-4-11-25-27/h4,6-9,11,13,20-21H,2-3,5,10,12,14-17H2,1H3,(H,23,24). The van der Waals surface area contributed by atoms with Gasteiger partial charge >= 0.3 is 0 Å². The number of ether oxygens (including phenoxy) is 2. The number of rotatable bonds is 6. The highest BCUT2D eigenvalue weighted by Crippen LogP contribution is 2.21. The van der Waals surface area contributed by atoms with Gasteiger partial charge in [-0.1, -0.05) is 12.1 Å². The molecule has 4 rings (SSSR count). The van der Waals surface area contributed by atoms with E-state index >= 15 is 0 Å². The zero-order valence-electron chi connectivity index (χ0n) is 17.2. The molecule has 0 aliphatic carbocycles. The average molecular weight is 398 g/mol. The van der Waals surface area contributed by atoms with Crippen molar-refractivity contribution < 1.29 is 9.47 Å². The molecule has 2 unspecified atom stereocenters. The van der Waals surface area contributed by atoms with Crippen molar-refractivity contribution in [1.29, 1.82) is 0 Å². The van der Waals surface area contributed by atoms with Gasteiger partial charge in [0, 0.05) is 45.2 Å². The second-order valence-corrected chi connectivity index (χ2v) is 7.51. The van der Waals surface area contributed by atoms with Crippen molar-refractivity contribution in [3.63, 3.8) is 0 Å². The van der Waals surface area contributed by atoms with E-state index < -0.39 is 0 Å². The van der Waals surface area contributed by atoms with Crippen LogP contribution in [0.1, 0.15) is 25.3 Å². The van der Waals surface area contributed by atoms with Gasteiger partial charge < -0.3 is 19.7 Å². The highest BCUT2D eigenvalue weighted by molar-refractivity contribution is 5.80. The Balaban J connectivity index is 1.34. The maximum Gasteiger partial charge on any atom is 0.194 e. The Bertz CT molecular complexity index is 769. The monoisotopic (exact) mass is 397 g/mol. The summed E-state index contributed by atoms with van der Waals surface area (Å²) in [4.78, 5) is 7.20. The Labute approximate surface area is 172 Å². The third-order valence-electron chi connectivity index (χ3n) is 5.47. The summed E-state index contributed by atoms with van der Waals surface area (Å²) in [5.41, 5.74) is 2.35. The fourth-order valence-electron chi connectivity index (χ4n) is 3.94. The smallest absolute Gasteiger partial charge is 0.194 e. The lowest BCUT2D eigenvalue weighted by molar-refractivity contribution is -0.0817. The van der Waals surface area contributed by atoms with Gasteiger partial charge in [-0.2, -0.15) is 5.10 Å². The lowest BCUT2D eigenvalue weighted by Crippen LogP contribution is -2.53. The van der Waals surface area contributed by atoms with Gasteiger partial charge in [-0.15, -0.1) is 0 Å². The van der Waals surface area contributed by atoms with E-state index in [-0.39, 0.29) is 12.2 Å². The van der Waals surface area contributed by atoms with Crippen molar-refractivity contribution in [3.8, 4) is 5.69 Å². The van der Waals surface area contributed by atoms with Crippen molar-refractivity contribution in [2.75, 3.05) is 39.4 Å². The van der Waals surface area contributed by atoms with Gasteiger partial charge in [0.2, 0.25) is 0 Å². The molecule has 0 amide bonds. The molecule has 0 radical (unpaired) electrons. The summed E-state index contributed by atoms with van der Waals surface area (Å²) in [6.07, 6.45) is 7.26. The number of guanidine groups is 1. The van der Waals surface area contributed by atoms with E-state index in [0.717, 1.165) is 70.3 Å². The minimum Gasteiger partial charge on any atom is -0.375 e. The molecule has 7 nitrogen and oxygen atoms in total. The van der Waals surface area contributed by atoms with Crippen molar-refractivity contribution in [3.05, 3.63) is 48.3 Å². The Hall–Kier alpha value is -2.38. The Morgan fingerprint density at radius 3 is 2.79 bits per heavy atom. The van der Waals surface area contributed by atoms with Gasteiger partial charge in [-0.3, -0.25) is 4.99 Å². The van der Waals surface area contributed by atoms with E-state index in [0.29, 0.717) is 0 Å². The number of benzene rings is 1. The SMILES string of the molecule is CCNC(=NCCc1ccc(-n2cccn2)cc1)N1CCOC(C2CCCO2)C1. The molecular formula is C22H31N5O2. The van der Waals surface area contributed by atoms with Gasteiger partial charge in [0.05, 0.1) is 18.4 Å². The van der Waals surface area contributed by atoms with Gasteiger partial charge in [0.1, 0.15) is 6.10 Å². The first-order valence-electron chi connectivity index (χ1n) is 10.7. The van der Waals surface area contributed by atoms with E-state index in [2.05, 4.69) is 46.5 Å². The molecule has 0 spiro atoms. The van der Waals surface area contributed by atoms with Crippen molar-refractivity contribution in [1.82, 2.24) is 20.0 Å². The summed E-state index contributed by atoms with van der Waals surface area (Å²) in [7, 11) is 0. The van der Waals surface area contributed by atoms with Gasteiger partial charge in [-0.25, -0.2) is 4.68 Å². The predicted molar refractivity (Wildman–Crippen MR) is 114 cm³/mol. The summed E-state index contributed by atoms with van der Waals surface area (Å²) in [5.74, 6) is 0.979. The lowest BCUT2D eigenvalue weighted by atomic mass is 10.1. The molecular weight excluding hydrogens is 366 g/mol. The zero-order valence-corrected chi connectivity index (χ0v) is 17.2.